The highest BCUT2D eigenvalue weighted by atomic mass is 32.2. The third-order valence-corrected chi connectivity index (χ3v) is 6.05. The first-order valence-corrected chi connectivity index (χ1v) is 10.5. The van der Waals surface area contributed by atoms with Gasteiger partial charge in [-0.05, 0) is 67.1 Å². The van der Waals surface area contributed by atoms with Crippen molar-refractivity contribution in [1.82, 2.24) is 4.72 Å². The Bertz CT molecular complexity index is 899. The highest BCUT2D eigenvalue weighted by Crippen LogP contribution is 2.38. The zero-order valence-corrected chi connectivity index (χ0v) is 16.7. The quantitative estimate of drug-likeness (QED) is 0.749. The maximum atomic E-state index is 12.7. The Balaban J connectivity index is 1.81. The number of fused-ring (bicyclic) bond motifs is 1. The van der Waals surface area contributed by atoms with Crippen molar-refractivity contribution < 1.29 is 22.6 Å². The van der Waals surface area contributed by atoms with Crippen LogP contribution >= 0.6 is 0 Å². The highest BCUT2D eigenvalue weighted by molar-refractivity contribution is 7.89. The Morgan fingerprint density at radius 2 is 1.67 bits per heavy atom. The minimum absolute atomic E-state index is 0.124. The minimum atomic E-state index is -3.60. The van der Waals surface area contributed by atoms with Crippen molar-refractivity contribution in [3.63, 3.8) is 0 Å². The predicted molar refractivity (Wildman–Crippen MR) is 103 cm³/mol. The van der Waals surface area contributed by atoms with Gasteiger partial charge in [0, 0.05) is 6.54 Å². The van der Waals surface area contributed by atoms with Crippen LogP contribution in [0.15, 0.2) is 35.2 Å². The van der Waals surface area contributed by atoms with Crippen LogP contribution in [0, 0.1) is 0 Å². The molecule has 0 heterocycles. The van der Waals surface area contributed by atoms with Gasteiger partial charge < -0.3 is 14.2 Å². The van der Waals surface area contributed by atoms with Gasteiger partial charge in [0.15, 0.2) is 11.5 Å². The summed E-state index contributed by atoms with van der Waals surface area (Å²) in [7, 11) is -0.527. The van der Waals surface area contributed by atoms with Crippen LogP contribution in [0.4, 0.5) is 0 Å². The largest absolute Gasteiger partial charge is 0.493 e. The molecule has 0 aliphatic heterocycles. The maximum absolute atomic E-state index is 12.7. The molecule has 146 valence electrons. The Hall–Kier alpha value is -2.25. The molecule has 0 unspecified atom stereocenters. The molecule has 6 nitrogen and oxygen atoms in total. The molecule has 0 aromatic heterocycles. The van der Waals surface area contributed by atoms with Gasteiger partial charge in [0.1, 0.15) is 0 Å². The van der Waals surface area contributed by atoms with Crippen LogP contribution in [0.25, 0.3) is 0 Å². The van der Waals surface area contributed by atoms with E-state index >= 15 is 0 Å². The average Bonchev–Trinajstić information content (AvgIpc) is 3.15. The Morgan fingerprint density at radius 3 is 2.30 bits per heavy atom. The average molecular weight is 391 g/mol. The van der Waals surface area contributed by atoms with Gasteiger partial charge in [-0.1, -0.05) is 6.07 Å². The number of aryl methyl sites for hydroxylation is 2. The van der Waals surface area contributed by atoms with Crippen molar-refractivity contribution >= 4 is 10.0 Å². The summed E-state index contributed by atoms with van der Waals surface area (Å²) in [6, 6.07) is 8.87. The zero-order chi connectivity index (χ0) is 19.4. The van der Waals surface area contributed by atoms with E-state index in [4.69, 9.17) is 14.2 Å². The first-order valence-electron chi connectivity index (χ1n) is 8.97. The molecule has 0 amide bonds. The summed E-state index contributed by atoms with van der Waals surface area (Å²) in [6.45, 7) is 2.47. The monoisotopic (exact) mass is 391 g/mol. The minimum Gasteiger partial charge on any atom is -0.493 e. The Labute approximate surface area is 160 Å². The molecule has 0 bridgehead atoms. The molecule has 0 atom stereocenters. The summed E-state index contributed by atoms with van der Waals surface area (Å²) < 4.78 is 44.3. The van der Waals surface area contributed by atoms with Crippen molar-refractivity contribution in [3.05, 3.63) is 47.0 Å². The topological polar surface area (TPSA) is 73.9 Å². The summed E-state index contributed by atoms with van der Waals surface area (Å²) in [5.74, 6) is 1.51. The van der Waals surface area contributed by atoms with E-state index in [2.05, 4.69) is 4.72 Å². The summed E-state index contributed by atoms with van der Waals surface area (Å²) >= 11 is 0. The summed E-state index contributed by atoms with van der Waals surface area (Å²) in [6.07, 6.45) is 3.04. The normalized spacial score (nSPS) is 13.3. The van der Waals surface area contributed by atoms with Crippen molar-refractivity contribution in [2.24, 2.45) is 0 Å². The van der Waals surface area contributed by atoms with Crippen LogP contribution in [0.1, 0.15) is 30.0 Å². The third-order valence-electron chi connectivity index (χ3n) is 4.66. The first kappa shape index (κ1) is 19.5. The van der Waals surface area contributed by atoms with Gasteiger partial charge >= 0.3 is 0 Å². The number of ether oxygens (including phenoxy) is 3. The molecule has 2 aromatic carbocycles. The molecule has 27 heavy (non-hydrogen) atoms. The molecule has 0 saturated carbocycles. The van der Waals surface area contributed by atoms with Crippen molar-refractivity contribution in [1.29, 1.82) is 0 Å². The van der Waals surface area contributed by atoms with E-state index in [1.807, 2.05) is 13.0 Å². The third kappa shape index (κ3) is 4.20. The molecule has 0 radical (unpaired) electrons. The highest BCUT2D eigenvalue weighted by Gasteiger charge is 2.19. The van der Waals surface area contributed by atoms with Crippen LogP contribution in [-0.4, -0.2) is 29.2 Å². The van der Waals surface area contributed by atoms with Gasteiger partial charge in [0.05, 0.1) is 25.7 Å². The molecule has 0 fully saturated rings. The molecule has 7 heteroatoms. The zero-order valence-electron chi connectivity index (χ0n) is 15.9. The van der Waals surface area contributed by atoms with Gasteiger partial charge in [-0.15, -0.1) is 0 Å². The van der Waals surface area contributed by atoms with Gasteiger partial charge in [0.25, 0.3) is 0 Å². The standard InChI is InChI=1S/C20H25NO5S/c1-4-26-20-18(24-2)10-14(11-19(20)25-3)13-21-27(22,23)17-9-8-15-6-5-7-16(15)12-17/h8-12,21H,4-7,13H2,1-3H3. The van der Waals surface area contributed by atoms with E-state index in [0.717, 1.165) is 30.4 Å². The number of sulfonamides is 1. The molecule has 1 N–H and O–H groups in total. The van der Waals surface area contributed by atoms with Crippen LogP contribution in [-0.2, 0) is 29.4 Å². The maximum Gasteiger partial charge on any atom is 0.240 e. The molecule has 1 aliphatic rings. The van der Waals surface area contributed by atoms with Crippen LogP contribution in [0.2, 0.25) is 0 Å². The fraction of sp³-hybridized carbons (Fsp3) is 0.400. The van der Waals surface area contributed by atoms with Crippen LogP contribution in [0.3, 0.4) is 0 Å². The number of hydrogen-bond acceptors (Lipinski definition) is 5. The number of rotatable bonds is 8. The smallest absolute Gasteiger partial charge is 0.240 e. The van der Waals surface area contributed by atoms with E-state index in [1.54, 1.807) is 24.3 Å². The van der Waals surface area contributed by atoms with Crippen molar-refractivity contribution in [3.8, 4) is 17.2 Å². The van der Waals surface area contributed by atoms with Crippen molar-refractivity contribution in [2.75, 3.05) is 20.8 Å². The fourth-order valence-electron chi connectivity index (χ4n) is 3.30. The molecule has 0 saturated heterocycles. The second-order valence-corrected chi connectivity index (χ2v) is 8.14. The molecule has 3 rings (SSSR count). The molecule has 2 aromatic rings. The van der Waals surface area contributed by atoms with Gasteiger partial charge in [-0.3, -0.25) is 0 Å². The number of nitrogens with one attached hydrogen (secondary N) is 1. The van der Waals surface area contributed by atoms with Gasteiger partial charge in [-0.25, -0.2) is 13.1 Å². The Kier molecular flexibility index (Phi) is 5.92. The lowest BCUT2D eigenvalue weighted by atomic mass is 10.1. The lowest BCUT2D eigenvalue weighted by Crippen LogP contribution is -2.23. The Morgan fingerprint density at radius 1 is 1.00 bits per heavy atom. The number of benzene rings is 2. The lowest BCUT2D eigenvalue weighted by Gasteiger charge is -2.16. The molecular formula is C20H25NO5S. The SMILES string of the molecule is CCOc1c(OC)cc(CNS(=O)(=O)c2ccc3c(c2)CCC3)cc1OC. The van der Waals surface area contributed by atoms with E-state index in [0.29, 0.717) is 28.8 Å². The first-order chi connectivity index (χ1) is 13.0. The molecule has 1 aliphatic carbocycles. The van der Waals surface area contributed by atoms with Gasteiger partial charge in [-0.2, -0.15) is 0 Å². The molecule has 0 spiro atoms. The predicted octanol–water partition coefficient (Wildman–Crippen LogP) is 3.07. The van der Waals surface area contributed by atoms with E-state index in [-0.39, 0.29) is 6.54 Å². The summed E-state index contributed by atoms with van der Waals surface area (Å²) in [5, 5.41) is 0. The van der Waals surface area contributed by atoms with Crippen LogP contribution < -0.4 is 18.9 Å². The number of methoxy groups -OCH3 is 2. The summed E-state index contributed by atoms with van der Waals surface area (Å²) in [4.78, 5) is 0.299. The number of hydrogen-bond donors (Lipinski definition) is 1. The van der Waals surface area contributed by atoms with Crippen LogP contribution in [0.5, 0.6) is 17.2 Å². The van der Waals surface area contributed by atoms with Crippen molar-refractivity contribution in [2.45, 2.75) is 37.6 Å². The molecular weight excluding hydrogens is 366 g/mol. The second kappa shape index (κ2) is 8.19. The van der Waals surface area contributed by atoms with E-state index in [9.17, 15) is 8.42 Å². The van der Waals surface area contributed by atoms with E-state index < -0.39 is 10.0 Å². The lowest BCUT2D eigenvalue weighted by molar-refractivity contribution is 0.288. The summed E-state index contributed by atoms with van der Waals surface area (Å²) in [5.41, 5.74) is 3.09. The second-order valence-electron chi connectivity index (χ2n) is 6.37. The fourth-order valence-corrected chi connectivity index (χ4v) is 4.37. The van der Waals surface area contributed by atoms with E-state index in [1.165, 1.54) is 19.8 Å². The van der Waals surface area contributed by atoms with Gasteiger partial charge in [0.2, 0.25) is 15.8 Å².